The number of nitrogen functional groups attached to an aromatic ring is 1. The van der Waals surface area contributed by atoms with Crippen molar-refractivity contribution in [2.24, 2.45) is 0 Å². The Morgan fingerprint density at radius 3 is 2.41 bits per heavy atom. The summed E-state index contributed by atoms with van der Waals surface area (Å²) in [6, 6.07) is 11.6. The smallest absolute Gasteiger partial charge is 0.122 e. The molecule has 0 aliphatic heterocycles. The molecule has 0 radical (unpaired) electrons. The summed E-state index contributed by atoms with van der Waals surface area (Å²) >= 11 is 5.87. The van der Waals surface area contributed by atoms with Crippen LogP contribution in [0.2, 0.25) is 5.02 Å². The second-order valence-corrected chi connectivity index (χ2v) is 5.76. The Balaban J connectivity index is 1.67. The molecule has 0 bridgehead atoms. The third-order valence-electron chi connectivity index (χ3n) is 3.38. The summed E-state index contributed by atoms with van der Waals surface area (Å²) < 4.78 is 11.5. The number of unbranched alkanes of at least 4 members (excludes halogenated alkanes) is 1. The van der Waals surface area contributed by atoms with Gasteiger partial charge in [-0.15, -0.1) is 0 Å². The van der Waals surface area contributed by atoms with Gasteiger partial charge < -0.3 is 15.2 Å². The lowest BCUT2D eigenvalue weighted by molar-refractivity contribution is 0.265. The third kappa shape index (κ3) is 4.85. The van der Waals surface area contributed by atoms with Crippen molar-refractivity contribution in [2.45, 2.75) is 26.7 Å². The van der Waals surface area contributed by atoms with Gasteiger partial charge in [-0.25, -0.2) is 0 Å². The first-order chi connectivity index (χ1) is 10.6. The highest BCUT2D eigenvalue weighted by molar-refractivity contribution is 6.33. The van der Waals surface area contributed by atoms with Crippen molar-refractivity contribution in [1.82, 2.24) is 0 Å². The summed E-state index contributed by atoms with van der Waals surface area (Å²) in [6.07, 6.45) is 1.86. The van der Waals surface area contributed by atoms with Crippen LogP contribution in [0.1, 0.15) is 24.0 Å². The zero-order valence-corrected chi connectivity index (χ0v) is 13.8. The second kappa shape index (κ2) is 7.95. The van der Waals surface area contributed by atoms with Gasteiger partial charge in [-0.3, -0.25) is 0 Å². The molecule has 0 aliphatic carbocycles. The van der Waals surface area contributed by atoms with Gasteiger partial charge in [-0.2, -0.15) is 0 Å². The van der Waals surface area contributed by atoms with Crippen LogP contribution in [0.3, 0.4) is 0 Å². The molecule has 0 atom stereocenters. The number of halogens is 1. The summed E-state index contributed by atoms with van der Waals surface area (Å²) in [5, 5.41) is 0.550. The molecule has 3 nitrogen and oxygen atoms in total. The van der Waals surface area contributed by atoms with Gasteiger partial charge in [0.15, 0.2) is 0 Å². The van der Waals surface area contributed by atoms with E-state index in [1.54, 1.807) is 12.1 Å². The topological polar surface area (TPSA) is 44.5 Å². The van der Waals surface area contributed by atoms with Gasteiger partial charge in [0, 0.05) is 6.07 Å². The molecule has 22 heavy (non-hydrogen) atoms. The summed E-state index contributed by atoms with van der Waals surface area (Å²) in [4.78, 5) is 0. The van der Waals surface area contributed by atoms with E-state index in [0.717, 1.165) is 24.3 Å². The SMILES string of the molecule is Cc1ccc(C)c(OCCCCOc2ccc(Cl)c(N)c2)c1. The average Bonchev–Trinajstić information content (AvgIpc) is 2.49. The molecule has 118 valence electrons. The fourth-order valence-electron chi connectivity index (χ4n) is 2.05. The average molecular weight is 320 g/mol. The molecule has 0 heterocycles. The van der Waals surface area contributed by atoms with Crippen LogP contribution >= 0.6 is 11.6 Å². The fourth-order valence-corrected chi connectivity index (χ4v) is 2.17. The quantitative estimate of drug-likeness (QED) is 0.590. The number of ether oxygens (including phenoxy) is 2. The van der Waals surface area contributed by atoms with Crippen molar-refractivity contribution in [1.29, 1.82) is 0 Å². The normalized spacial score (nSPS) is 10.5. The molecule has 0 saturated heterocycles. The van der Waals surface area contributed by atoms with Gasteiger partial charge in [-0.05, 0) is 56.0 Å². The monoisotopic (exact) mass is 319 g/mol. The Morgan fingerprint density at radius 1 is 0.955 bits per heavy atom. The highest BCUT2D eigenvalue weighted by Crippen LogP contribution is 2.24. The zero-order valence-electron chi connectivity index (χ0n) is 13.1. The first kappa shape index (κ1) is 16.5. The number of benzene rings is 2. The number of aryl methyl sites for hydroxylation is 2. The van der Waals surface area contributed by atoms with Crippen molar-refractivity contribution in [3.63, 3.8) is 0 Å². The second-order valence-electron chi connectivity index (χ2n) is 5.36. The van der Waals surface area contributed by atoms with Crippen molar-refractivity contribution in [3.8, 4) is 11.5 Å². The number of rotatable bonds is 7. The lowest BCUT2D eigenvalue weighted by Gasteiger charge is -2.10. The third-order valence-corrected chi connectivity index (χ3v) is 3.72. The zero-order chi connectivity index (χ0) is 15.9. The van der Waals surface area contributed by atoms with Crippen LogP contribution in [0.5, 0.6) is 11.5 Å². The van der Waals surface area contributed by atoms with E-state index in [2.05, 4.69) is 32.0 Å². The molecule has 4 heteroatoms. The van der Waals surface area contributed by atoms with Crippen molar-refractivity contribution < 1.29 is 9.47 Å². The first-order valence-corrected chi connectivity index (χ1v) is 7.82. The predicted octanol–water partition coefficient (Wildman–Crippen LogP) is 4.78. The molecule has 0 amide bonds. The molecule has 2 N–H and O–H groups in total. The number of anilines is 1. The minimum absolute atomic E-state index is 0.539. The highest BCUT2D eigenvalue weighted by atomic mass is 35.5. The lowest BCUT2D eigenvalue weighted by Crippen LogP contribution is -2.03. The fraction of sp³-hybridized carbons (Fsp3) is 0.333. The molecular weight excluding hydrogens is 298 g/mol. The number of nitrogens with two attached hydrogens (primary N) is 1. The molecule has 2 aromatic carbocycles. The van der Waals surface area contributed by atoms with E-state index in [9.17, 15) is 0 Å². The van der Waals surface area contributed by atoms with Gasteiger partial charge in [0.05, 0.1) is 23.9 Å². The van der Waals surface area contributed by atoms with Crippen LogP contribution in [0.15, 0.2) is 36.4 Å². The van der Waals surface area contributed by atoms with Gasteiger partial charge in [0.25, 0.3) is 0 Å². The lowest BCUT2D eigenvalue weighted by atomic mass is 10.1. The van der Waals surface area contributed by atoms with Crippen LogP contribution in [0, 0.1) is 13.8 Å². The largest absolute Gasteiger partial charge is 0.494 e. The van der Waals surface area contributed by atoms with Gasteiger partial charge >= 0.3 is 0 Å². The molecule has 2 aromatic rings. The van der Waals surface area contributed by atoms with Crippen LogP contribution < -0.4 is 15.2 Å². The molecule has 0 saturated carbocycles. The van der Waals surface area contributed by atoms with Crippen molar-refractivity contribution in [2.75, 3.05) is 18.9 Å². The summed E-state index contributed by atoms with van der Waals surface area (Å²) in [5.74, 6) is 1.71. The predicted molar refractivity (Wildman–Crippen MR) is 92.0 cm³/mol. The summed E-state index contributed by atoms with van der Waals surface area (Å²) in [6.45, 7) is 5.45. The Hall–Kier alpha value is -1.87. The van der Waals surface area contributed by atoms with E-state index in [1.807, 2.05) is 6.07 Å². The van der Waals surface area contributed by atoms with Gasteiger partial charge in [0.2, 0.25) is 0 Å². The van der Waals surface area contributed by atoms with E-state index < -0.39 is 0 Å². The minimum atomic E-state index is 0.539. The Kier molecular flexibility index (Phi) is 5.96. The Labute approximate surface area is 137 Å². The number of hydrogen-bond donors (Lipinski definition) is 1. The van der Waals surface area contributed by atoms with E-state index in [-0.39, 0.29) is 0 Å². The van der Waals surface area contributed by atoms with E-state index in [1.165, 1.54) is 11.1 Å². The standard InChI is InChI=1S/C18H22ClNO2/c1-13-5-6-14(2)18(11-13)22-10-4-3-9-21-15-7-8-16(19)17(20)12-15/h5-8,11-12H,3-4,9-10,20H2,1-2H3. The van der Waals surface area contributed by atoms with E-state index in [4.69, 9.17) is 26.8 Å². The van der Waals surface area contributed by atoms with Crippen LogP contribution in [0.4, 0.5) is 5.69 Å². The van der Waals surface area contributed by atoms with Crippen molar-refractivity contribution >= 4 is 17.3 Å². The summed E-state index contributed by atoms with van der Waals surface area (Å²) in [5.41, 5.74) is 8.65. The first-order valence-electron chi connectivity index (χ1n) is 7.44. The van der Waals surface area contributed by atoms with Crippen LogP contribution in [-0.2, 0) is 0 Å². The maximum absolute atomic E-state index is 5.87. The van der Waals surface area contributed by atoms with Crippen molar-refractivity contribution in [3.05, 3.63) is 52.5 Å². The minimum Gasteiger partial charge on any atom is -0.494 e. The molecule has 2 rings (SSSR count). The van der Waals surface area contributed by atoms with E-state index >= 15 is 0 Å². The Bertz CT molecular complexity index is 628. The number of hydrogen-bond acceptors (Lipinski definition) is 3. The Morgan fingerprint density at radius 2 is 1.68 bits per heavy atom. The molecular formula is C18H22ClNO2. The van der Waals surface area contributed by atoms with Gasteiger partial charge in [-0.1, -0.05) is 23.7 Å². The molecule has 0 aromatic heterocycles. The van der Waals surface area contributed by atoms with Gasteiger partial charge in [0.1, 0.15) is 11.5 Å². The van der Waals surface area contributed by atoms with Crippen LogP contribution in [0.25, 0.3) is 0 Å². The maximum Gasteiger partial charge on any atom is 0.122 e. The maximum atomic E-state index is 5.87. The summed E-state index contributed by atoms with van der Waals surface area (Å²) in [7, 11) is 0. The van der Waals surface area contributed by atoms with Crippen LogP contribution in [-0.4, -0.2) is 13.2 Å². The highest BCUT2D eigenvalue weighted by Gasteiger charge is 2.01. The molecule has 0 spiro atoms. The van der Waals surface area contributed by atoms with E-state index in [0.29, 0.717) is 23.9 Å². The molecule has 0 unspecified atom stereocenters. The molecule has 0 aliphatic rings. The molecule has 0 fully saturated rings.